The van der Waals surface area contributed by atoms with Gasteiger partial charge in [-0.15, -0.1) is 0 Å². The van der Waals surface area contributed by atoms with Crippen LogP contribution in [0.15, 0.2) is 23.3 Å². The van der Waals surface area contributed by atoms with Gasteiger partial charge in [-0.2, -0.15) is 11.8 Å². The summed E-state index contributed by atoms with van der Waals surface area (Å²) in [4.78, 5) is 69.1. The number of carbonyl (C=O) groups is 5. The highest BCUT2D eigenvalue weighted by Gasteiger charge is 2.55. The lowest BCUT2D eigenvalue weighted by Gasteiger charge is -2.45. The lowest BCUT2D eigenvalue weighted by Crippen LogP contribution is -2.62. The number of hydrogen-bond acceptors (Lipinski definition) is 12. The van der Waals surface area contributed by atoms with Crippen molar-refractivity contribution in [2.75, 3.05) is 32.3 Å². The van der Waals surface area contributed by atoms with Gasteiger partial charge in [0.1, 0.15) is 17.9 Å². The zero-order valence-electron chi connectivity index (χ0n) is 36.4. The van der Waals surface area contributed by atoms with E-state index in [-0.39, 0.29) is 56.0 Å². The SMILES string of the molecule is COC1CCCC(/C=C(\C)[C@H]2OC(=O)C3CCCCN3C(=O)C(=O)C3(O)OC(CCC(C)C/C(C)=C/[C@@H](CCSCCC(=O)O)C(=O)CC(O)C2C)C(OC)C[C@H]3C)C1. The predicted molar refractivity (Wildman–Crippen MR) is 224 cm³/mol. The number of hydrogen-bond donors (Lipinski definition) is 3. The van der Waals surface area contributed by atoms with Gasteiger partial charge < -0.3 is 39.2 Å². The van der Waals surface area contributed by atoms with Crippen LogP contribution in [-0.2, 0) is 42.9 Å². The Morgan fingerprint density at radius 2 is 1.73 bits per heavy atom. The van der Waals surface area contributed by atoms with Crippen molar-refractivity contribution in [3.63, 3.8) is 0 Å². The third-order valence-electron chi connectivity index (χ3n) is 13.1. The highest BCUT2D eigenvalue weighted by atomic mass is 32.2. The number of aliphatic hydroxyl groups is 2. The van der Waals surface area contributed by atoms with Gasteiger partial charge >= 0.3 is 11.9 Å². The van der Waals surface area contributed by atoms with E-state index in [0.717, 1.165) is 36.8 Å². The van der Waals surface area contributed by atoms with Crippen molar-refractivity contribution in [2.45, 2.75) is 167 Å². The first-order chi connectivity index (χ1) is 28.0. The summed E-state index contributed by atoms with van der Waals surface area (Å²) >= 11 is 1.48. The van der Waals surface area contributed by atoms with E-state index < -0.39 is 77.6 Å². The number of piperidine rings is 1. The maximum Gasteiger partial charge on any atom is 0.329 e. The van der Waals surface area contributed by atoms with Crippen molar-refractivity contribution < 1.29 is 58.2 Å². The topological polar surface area (TPSA) is 186 Å². The largest absolute Gasteiger partial charge is 0.481 e. The minimum Gasteiger partial charge on any atom is -0.481 e. The average molecular weight is 850 g/mol. The Morgan fingerprint density at radius 1 is 0.983 bits per heavy atom. The average Bonchev–Trinajstić information content (AvgIpc) is 3.20. The lowest BCUT2D eigenvalue weighted by atomic mass is 9.82. The molecule has 4 aliphatic rings. The molecule has 0 spiro atoms. The molecule has 2 bridgehead atoms. The van der Waals surface area contributed by atoms with Gasteiger partial charge in [0.25, 0.3) is 11.7 Å². The van der Waals surface area contributed by atoms with Crippen LogP contribution in [0.3, 0.4) is 0 Å². The van der Waals surface area contributed by atoms with Crippen molar-refractivity contribution >= 4 is 41.2 Å². The predicted octanol–water partition coefficient (Wildman–Crippen LogP) is 6.07. The number of methoxy groups -OCH3 is 2. The van der Waals surface area contributed by atoms with E-state index in [2.05, 4.69) is 13.0 Å². The molecule has 3 aliphatic heterocycles. The van der Waals surface area contributed by atoms with Gasteiger partial charge in [0.05, 0.1) is 30.8 Å². The summed E-state index contributed by atoms with van der Waals surface area (Å²) in [5.74, 6) is -7.04. The number of aliphatic hydroxyl groups excluding tert-OH is 1. The second-order valence-corrected chi connectivity index (χ2v) is 19.0. The Bertz CT molecular complexity index is 1520. The minimum atomic E-state index is -2.42. The third-order valence-corrected chi connectivity index (χ3v) is 14.1. The van der Waals surface area contributed by atoms with Crippen molar-refractivity contribution in [1.82, 2.24) is 4.90 Å². The van der Waals surface area contributed by atoms with Gasteiger partial charge in [-0.3, -0.25) is 19.2 Å². The number of carboxylic acid groups (broad SMARTS) is 1. The number of rotatable bonds is 10. The number of fused-ring (bicyclic) bond motifs is 3. The number of aliphatic carboxylic acids is 1. The summed E-state index contributed by atoms with van der Waals surface area (Å²) in [5, 5.41) is 32.9. The van der Waals surface area contributed by atoms with E-state index in [1.165, 1.54) is 16.7 Å². The lowest BCUT2D eigenvalue weighted by molar-refractivity contribution is -0.287. The van der Waals surface area contributed by atoms with Crippen LogP contribution in [0, 0.1) is 29.6 Å². The first-order valence-electron chi connectivity index (χ1n) is 21.9. The molecule has 2 saturated heterocycles. The van der Waals surface area contributed by atoms with Crippen molar-refractivity contribution in [2.24, 2.45) is 29.6 Å². The van der Waals surface area contributed by atoms with Gasteiger partial charge in [0.15, 0.2) is 0 Å². The maximum absolute atomic E-state index is 14.3. The summed E-state index contributed by atoms with van der Waals surface area (Å²) in [6.07, 6.45) is 8.30. The van der Waals surface area contributed by atoms with Crippen LogP contribution in [0.5, 0.6) is 0 Å². The van der Waals surface area contributed by atoms with E-state index in [1.807, 2.05) is 19.9 Å². The molecule has 1 saturated carbocycles. The summed E-state index contributed by atoms with van der Waals surface area (Å²) in [6, 6.07) is -1.11. The Morgan fingerprint density at radius 3 is 2.42 bits per heavy atom. The summed E-state index contributed by atoms with van der Waals surface area (Å²) < 4.78 is 23.9. The zero-order valence-corrected chi connectivity index (χ0v) is 37.2. The number of esters is 1. The zero-order chi connectivity index (χ0) is 43.4. The van der Waals surface area contributed by atoms with Crippen LogP contribution in [-0.4, -0.2) is 124 Å². The normalized spacial score (nSPS) is 37.4. The Balaban J connectivity index is 1.73. The molecule has 1 amide bonds. The molecular weight excluding hydrogens is 779 g/mol. The van der Waals surface area contributed by atoms with Crippen LogP contribution in [0.25, 0.3) is 0 Å². The quantitative estimate of drug-likeness (QED) is 0.0998. The Kier molecular flexibility index (Phi) is 19.1. The highest BCUT2D eigenvalue weighted by molar-refractivity contribution is 7.99. The Hall–Kier alpha value is -2.62. The van der Waals surface area contributed by atoms with Crippen LogP contribution >= 0.6 is 11.8 Å². The van der Waals surface area contributed by atoms with Crippen molar-refractivity contribution in [3.8, 4) is 0 Å². The smallest absolute Gasteiger partial charge is 0.329 e. The number of amides is 1. The summed E-state index contributed by atoms with van der Waals surface area (Å²) in [6.45, 7) is 9.45. The van der Waals surface area contributed by atoms with Crippen LogP contribution in [0.4, 0.5) is 0 Å². The van der Waals surface area contributed by atoms with E-state index in [0.29, 0.717) is 50.0 Å². The number of Topliss-reactive ketones (excluding diaryl/α,β-unsaturated/α-hetero) is 2. The first kappa shape index (κ1) is 49.0. The molecule has 334 valence electrons. The molecule has 0 radical (unpaired) electrons. The standard InChI is InChI=1S/C45H71NO12S/c1-27-14-15-38-39(56-7)24-30(4)45(54,58-38)42(51)43(52)46-18-9-8-13-35(46)44(53)57-41(29(3)23-32-11-10-12-34(25-32)55-6)31(5)36(47)26-37(48)33(22-28(2)21-27)16-19-59-20-17-40(49)50/h22-23,27,30-36,38-39,41,47,54H,8-21,24-26H2,1-7H3,(H,49,50)/b28-22+,29-23+/t27?,30-,31?,32?,33-,34?,35?,36?,38?,39?,41-,45?/m1/s1. The fourth-order valence-corrected chi connectivity index (χ4v) is 10.4. The number of ether oxygens (including phenoxy) is 4. The number of nitrogens with zero attached hydrogens (tertiary/aromatic N) is 1. The molecule has 0 aromatic heterocycles. The van der Waals surface area contributed by atoms with Crippen LogP contribution < -0.4 is 0 Å². The molecule has 0 aromatic rings. The molecule has 3 fully saturated rings. The summed E-state index contributed by atoms with van der Waals surface area (Å²) in [5.41, 5.74) is 1.71. The second kappa shape index (κ2) is 23.0. The number of allylic oxidation sites excluding steroid dienone is 3. The molecule has 59 heavy (non-hydrogen) atoms. The Labute approximate surface area is 355 Å². The molecule has 0 aromatic carbocycles. The minimum absolute atomic E-state index is 0.0255. The second-order valence-electron chi connectivity index (χ2n) is 17.8. The van der Waals surface area contributed by atoms with Crippen LogP contribution in [0.1, 0.15) is 125 Å². The van der Waals surface area contributed by atoms with Gasteiger partial charge in [0.2, 0.25) is 5.79 Å². The number of thioether (sulfide) groups is 1. The highest BCUT2D eigenvalue weighted by Crippen LogP contribution is 2.38. The molecule has 1 aliphatic carbocycles. The van der Waals surface area contributed by atoms with Gasteiger partial charge in [-0.05, 0) is 108 Å². The van der Waals surface area contributed by atoms with Crippen molar-refractivity contribution in [1.29, 1.82) is 0 Å². The molecule has 3 heterocycles. The first-order valence-corrected chi connectivity index (χ1v) is 23.0. The van der Waals surface area contributed by atoms with E-state index in [9.17, 15) is 34.2 Å². The molecule has 12 atom stereocenters. The molecule has 4 rings (SSSR count). The van der Waals surface area contributed by atoms with E-state index >= 15 is 0 Å². The van der Waals surface area contributed by atoms with Gasteiger partial charge in [0, 0.05) is 50.7 Å². The van der Waals surface area contributed by atoms with Crippen LogP contribution in [0.2, 0.25) is 0 Å². The molecule has 13 nitrogen and oxygen atoms in total. The fourth-order valence-electron chi connectivity index (χ4n) is 9.45. The number of carbonyl (C=O) groups excluding carboxylic acids is 4. The fraction of sp³-hybridized carbons (Fsp3) is 0.800. The van der Waals surface area contributed by atoms with Gasteiger partial charge in [-0.25, -0.2) is 4.79 Å². The summed E-state index contributed by atoms with van der Waals surface area (Å²) in [7, 11) is 3.26. The number of ketones is 2. The molecule has 3 N–H and O–H groups in total. The van der Waals surface area contributed by atoms with E-state index in [1.54, 1.807) is 28.1 Å². The number of cyclic esters (lactones) is 1. The third kappa shape index (κ3) is 13.4. The van der Waals surface area contributed by atoms with Gasteiger partial charge in [-0.1, -0.05) is 44.9 Å². The number of carboxylic acids is 1. The monoisotopic (exact) mass is 849 g/mol. The van der Waals surface area contributed by atoms with E-state index in [4.69, 9.17) is 24.1 Å². The molecule has 14 heteroatoms. The molecular formula is C45H71NO12S. The maximum atomic E-state index is 14.3. The molecule has 9 unspecified atom stereocenters. The van der Waals surface area contributed by atoms with Crippen molar-refractivity contribution in [3.05, 3.63) is 23.3 Å².